The van der Waals surface area contributed by atoms with Crippen LogP contribution < -0.4 is 15.0 Å². The van der Waals surface area contributed by atoms with Gasteiger partial charge in [-0.1, -0.05) is 0 Å². The van der Waals surface area contributed by atoms with Crippen molar-refractivity contribution in [2.75, 3.05) is 10.2 Å². The number of ether oxygens (including phenoxy) is 1. The zero-order valence-corrected chi connectivity index (χ0v) is 19.5. The van der Waals surface area contributed by atoms with E-state index in [1.165, 1.54) is 41.4 Å². The number of nitrogens with zero attached hydrogens (tertiary/aromatic N) is 3. The summed E-state index contributed by atoms with van der Waals surface area (Å²) < 4.78 is 54.3. The highest BCUT2D eigenvalue weighted by Crippen LogP contribution is 2.34. The number of urea groups is 1. The van der Waals surface area contributed by atoms with Crippen LogP contribution in [0.2, 0.25) is 0 Å². The normalized spacial score (nSPS) is 15.2. The fourth-order valence-electron chi connectivity index (χ4n) is 3.74. The number of imide groups is 1. The number of halogens is 4. The van der Waals surface area contributed by atoms with E-state index in [0.717, 1.165) is 29.2 Å². The maximum absolute atomic E-state index is 13.2. The zero-order valence-electron chi connectivity index (χ0n) is 19.5. The third-order valence-corrected chi connectivity index (χ3v) is 5.66. The fourth-order valence-corrected chi connectivity index (χ4v) is 3.74. The average Bonchev–Trinajstić information content (AvgIpc) is 2.99. The first-order chi connectivity index (χ1) is 17.3. The van der Waals surface area contributed by atoms with Crippen LogP contribution in [-0.4, -0.2) is 39.6 Å². The molecule has 0 radical (unpaired) electrons. The van der Waals surface area contributed by atoms with Crippen LogP contribution >= 0.6 is 0 Å². The minimum atomic E-state index is -4.87. The van der Waals surface area contributed by atoms with Crippen LogP contribution in [0, 0.1) is 5.82 Å². The molecular weight excluding hydrogens is 496 g/mol. The highest BCUT2D eigenvalue weighted by Gasteiger charge is 2.51. The second-order valence-corrected chi connectivity index (χ2v) is 8.62. The Balaban J connectivity index is 1.51. The Kier molecular flexibility index (Phi) is 6.59. The third-order valence-electron chi connectivity index (χ3n) is 5.66. The molecule has 0 atom stereocenters. The van der Waals surface area contributed by atoms with Crippen LogP contribution in [0.1, 0.15) is 29.8 Å². The number of anilines is 2. The minimum absolute atomic E-state index is 0.0225. The molecule has 8 nitrogen and oxygen atoms in total. The number of benzene rings is 2. The molecular formula is C25H20F4N4O4. The van der Waals surface area contributed by atoms with Crippen LogP contribution in [0.15, 0.2) is 66.9 Å². The lowest BCUT2D eigenvalue weighted by Gasteiger charge is -2.27. The number of carbonyl (C=O) groups is 3. The summed E-state index contributed by atoms with van der Waals surface area (Å²) in [5.41, 5.74) is -0.423. The Morgan fingerprint density at radius 3 is 2.30 bits per heavy atom. The molecule has 1 aromatic heterocycles. The molecule has 0 saturated carbocycles. The SMILES string of the molecule is CC1(C)C(=O)N(c2ccc(OC(F)(F)F)cc2)C(=O)N1Cc1ccnc(NC(=O)c2ccc(F)cc2)c1. The topological polar surface area (TPSA) is 91.8 Å². The number of alkyl halides is 3. The Hall–Kier alpha value is -4.48. The van der Waals surface area contributed by atoms with E-state index in [0.29, 0.717) is 5.56 Å². The van der Waals surface area contributed by atoms with Gasteiger partial charge in [-0.15, -0.1) is 13.2 Å². The summed E-state index contributed by atoms with van der Waals surface area (Å²) >= 11 is 0. The quantitative estimate of drug-likeness (QED) is 0.363. The number of hydrogen-bond acceptors (Lipinski definition) is 5. The summed E-state index contributed by atoms with van der Waals surface area (Å²) in [5, 5.41) is 2.59. The second kappa shape index (κ2) is 9.52. The molecule has 37 heavy (non-hydrogen) atoms. The second-order valence-electron chi connectivity index (χ2n) is 8.62. The fraction of sp³-hybridized carbons (Fsp3) is 0.200. The molecule has 1 N–H and O–H groups in total. The van der Waals surface area contributed by atoms with Crippen molar-refractivity contribution in [2.24, 2.45) is 0 Å². The summed E-state index contributed by atoms with van der Waals surface area (Å²) in [6, 6.07) is 11.8. The standard InChI is InChI=1S/C25H20F4N4O4/c1-24(2)22(35)33(18-7-9-19(10-8-18)37-25(27,28)29)23(36)32(24)14-15-11-12-30-20(13-15)31-21(34)16-3-5-17(26)6-4-16/h3-13H,14H2,1-2H3,(H,30,31,34). The molecule has 4 amide bonds. The molecule has 1 aliphatic heterocycles. The van der Waals surface area contributed by atoms with E-state index in [9.17, 15) is 31.9 Å². The number of amides is 4. The van der Waals surface area contributed by atoms with Crippen molar-refractivity contribution < 1.29 is 36.7 Å². The van der Waals surface area contributed by atoms with Crippen molar-refractivity contribution in [2.45, 2.75) is 32.3 Å². The van der Waals surface area contributed by atoms with E-state index in [1.54, 1.807) is 19.9 Å². The van der Waals surface area contributed by atoms with Gasteiger partial charge in [0.05, 0.1) is 5.69 Å². The van der Waals surface area contributed by atoms with Gasteiger partial charge in [0, 0.05) is 18.3 Å². The Bertz CT molecular complexity index is 1340. The van der Waals surface area contributed by atoms with E-state index >= 15 is 0 Å². The highest BCUT2D eigenvalue weighted by molar-refractivity contribution is 6.22. The van der Waals surface area contributed by atoms with Crippen molar-refractivity contribution in [3.8, 4) is 5.75 Å². The first kappa shape index (κ1) is 25.6. The third kappa shape index (κ3) is 5.52. The van der Waals surface area contributed by atoms with Crippen molar-refractivity contribution in [1.82, 2.24) is 9.88 Å². The summed E-state index contributed by atoms with van der Waals surface area (Å²) in [6.07, 6.45) is -3.45. The van der Waals surface area contributed by atoms with Crippen LogP contribution in [-0.2, 0) is 11.3 Å². The maximum atomic E-state index is 13.2. The monoisotopic (exact) mass is 516 g/mol. The molecule has 0 bridgehead atoms. The van der Waals surface area contributed by atoms with Crippen LogP contribution in [0.25, 0.3) is 0 Å². The van der Waals surface area contributed by atoms with Gasteiger partial charge in [0.25, 0.3) is 11.8 Å². The molecule has 0 aliphatic carbocycles. The molecule has 1 saturated heterocycles. The van der Waals surface area contributed by atoms with E-state index in [-0.39, 0.29) is 23.6 Å². The van der Waals surface area contributed by atoms with Gasteiger partial charge >= 0.3 is 12.4 Å². The number of carbonyl (C=O) groups excluding carboxylic acids is 3. The van der Waals surface area contributed by atoms with Crippen molar-refractivity contribution in [1.29, 1.82) is 0 Å². The van der Waals surface area contributed by atoms with Gasteiger partial charge in [0.1, 0.15) is 22.9 Å². The molecule has 1 aliphatic rings. The zero-order chi connectivity index (χ0) is 27.0. The predicted octanol–water partition coefficient (Wildman–Crippen LogP) is 5.12. The molecule has 1 fully saturated rings. The number of hydrogen-bond donors (Lipinski definition) is 1. The van der Waals surface area contributed by atoms with Gasteiger partial charge in [-0.05, 0) is 80.1 Å². The molecule has 4 rings (SSSR count). The largest absolute Gasteiger partial charge is 0.573 e. The van der Waals surface area contributed by atoms with Gasteiger partial charge in [0.2, 0.25) is 0 Å². The van der Waals surface area contributed by atoms with Crippen LogP contribution in [0.5, 0.6) is 5.75 Å². The van der Waals surface area contributed by atoms with Crippen LogP contribution in [0.3, 0.4) is 0 Å². The molecule has 12 heteroatoms. The summed E-state index contributed by atoms with van der Waals surface area (Å²) in [5.74, 6) is -1.87. The maximum Gasteiger partial charge on any atom is 0.573 e. The number of pyridine rings is 1. The number of nitrogens with one attached hydrogen (secondary N) is 1. The van der Waals surface area contributed by atoms with E-state index in [4.69, 9.17) is 0 Å². The lowest BCUT2D eigenvalue weighted by Crippen LogP contribution is -2.43. The molecule has 2 aromatic carbocycles. The highest BCUT2D eigenvalue weighted by atomic mass is 19.4. The molecule has 0 unspecified atom stereocenters. The molecule has 3 aromatic rings. The molecule has 2 heterocycles. The smallest absolute Gasteiger partial charge is 0.406 e. The van der Waals surface area contributed by atoms with E-state index in [2.05, 4.69) is 15.0 Å². The lowest BCUT2D eigenvalue weighted by atomic mass is 10.0. The first-order valence-electron chi connectivity index (χ1n) is 10.9. The average molecular weight is 516 g/mol. The molecule has 0 spiro atoms. The van der Waals surface area contributed by atoms with Gasteiger partial charge in [0.15, 0.2) is 0 Å². The van der Waals surface area contributed by atoms with Gasteiger partial charge in [-0.3, -0.25) is 9.59 Å². The van der Waals surface area contributed by atoms with Gasteiger partial charge in [-0.2, -0.15) is 0 Å². The van der Waals surface area contributed by atoms with E-state index < -0.39 is 41.3 Å². The Morgan fingerprint density at radius 1 is 1.03 bits per heavy atom. The summed E-state index contributed by atoms with van der Waals surface area (Å²) in [4.78, 5) is 45.0. The number of aromatic nitrogens is 1. The van der Waals surface area contributed by atoms with Crippen LogP contribution in [0.4, 0.5) is 33.9 Å². The van der Waals surface area contributed by atoms with Crippen molar-refractivity contribution >= 4 is 29.4 Å². The minimum Gasteiger partial charge on any atom is -0.406 e. The van der Waals surface area contributed by atoms with Gasteiger partial charge in [-0.25, -0.2) is 19.1 Å². The number of rotatable bonds is 6. The lowest BCUT2D eigenvalue weighted by molar-refractivity contribution is -0.274. The van der Waals surface area contributed by atoms with Gasteiger partial charge < -0.3 is 15.0 Å². The van der Waals surface area contributed by atoms with E-state index in [1.807, 2.05) is 0 Å². The predicted molar refractivity (Wildman–Crippen MR) is 124 cm³/mol. The van der Waals surface area contributed by atoms with Crippen molar-refractivity contribution in [3.05, 3.63) is 83.8 Å². The summed E-state index contributed by atoms with van der Waals surface area (Å²) in [6.45, 7) is 3.07. The first-order valence-corrected chi connectivity index (χ1v) is 10.9. The Labute approximate surface area is 208 Å². The van der Waals surface area contributed by atoms with Crippen molar-refractivity contribution in [3.63, 3.8) is 0 Å². The Morgan fingerprint density at radius 2 is 1.68 bits per heavy atom. The summed E-state index contributed by atoms with van der Waals surface area (Å²) in [7, 11) is 0. The molecule has 192 valence electrons.